The van der Waals surface area contributed by atoms with Crippen molar-refractivity contribution in [3.8, 4) is 0 Å². The quantitative estimate of drug-likeness (QED) is 0.725. The van der Waals surface area contributed by atoms with Crippen molar-refractivity contribution in [3.63, 3.8) is 0 Å². The molecule has 2 N–H and O–H groups in total. The molecule has 100 valence electrons. The summed E-state index contributed by atoms with van der Waals surface area (Å²) >= 11 is 0. The number of hydrogen-bond acceptors (Lipinski definition) is 3. The first-order valence-corrected chi connectivity index (χ1v) is 6.29. The van der Waals surface area contributed by atoms with E-state index in [4.69, 9.17) is 5.11 Å². The third-order valence-electron chi connectivity index (χ3n) is 3.18. The SMILES string of the molecule is C=CCN(C)c1ccccc1CC(O)C(C)CO. The van der Waals surface area contributed by atoms with E-state index in [9.17, 15) is 5.11 Å². The van der Waals surface area contributed by atoms with E-state index >= 15 is 0 Å². The molecular formula is C15H23NO2. The highest BCUT2D eigenvalue weighted by Crippen LogP contribution is 2.22. The van der Waals surface area contributed by atoms with Crippen LogP contribution >= 0.6 is 0 Å². The maximum atomic E-state index is 10.0. The van der Waals surface area contributed by atoms with Gasteiger partial charge < -0.3 is 15.1 Å². The molecule has 0 spiro atoms. The number of nitrogens with zero attached hydrogens (tertiary/aromatic N) is 1. The zero-order chi connectivity index (χ0) is 13.5. The highest BCUT2D eigenvalue weighted by Gasteiger charge is 2.16. The zero-order valence-electron chi connectivity index (χ0n) is 11.2. The summed E-state index contributed by atoms with van der Waals surface area (Å²) in [4.78, 5) is 2.10. The minimum absolute atomic E-state index is 0.00578. The number of benzene rings is 1. The second-order valence-electron chi connectivity index (χ2n) is 4.73. The van der Waals surface area contributed by atoms with Crippen molar-refractivity contribution in [2.75, 3.05) is 25.1 Å². The second-order valence-corrected chi connectivity index (χ2v) is 4.73. The van der Waals surface area contributed by atoms with Gasteiger partial charge in [-0.25, -0.2) is 0 Å². The number of aliphatic hydroxyl groups is 2. The third-order valence-corrected chi connectivity index (χ3v) is 3.18. The Balaban J connectivity index is 2.85. The molecular weight excluding hydrogens is 226 g/mol. The lowest BCUT2D eigenvalue weighted by Gasteiger charge is -2.23. The molecule has 0 aliphatic rings. The fourth-order valence-electron chi connectivity index (χ4n) is 1.90. The Morgan fingerprint density at radius 3 is 2.67 bits per heavy atom. The summed E-state index contributed by atoms with van der Waals surface area (Å²) in [6, 6.07) is 8.01. The zero-order valence-corrected chi connectivity index (χ0v) is 11.2. The number of likely N-dealkylation sites (N-methyl/N-ethyl adjacent to an activating group) is 1. The lowest BCUT2D eigenvalue weighted by atomic mass is 9.97. The van der Waals surface area contributed by atoms with Gasteiger partial charge in [0.25, 0.3) is 0 Å². The van der Waals surface area contributed by atoms with E-state index in [-0.39, 0.29) is 12.5 Å². The van der Waals surface area contributed by atoms with E-state index in [2.05, 4.69) is 11.5 Å². The van der Waals surface area contributed by atoms with E-state index in [1.165, 1.54) is 0 Å². The van der Waals surface area contributed by atoms with Crippen molar-refractivity contribution >= 4 is 5.69 Å². The van der Waals surface area contributed by atoms with Gasteiger partial charge in [-0.3, -0.25) is 0 Å². The summed E-state index contributed by atoms with van der Waals surface area (Å²) in [6.45, 7) is 6.35. The first-order chi connectivity index (χ1) is 8.60. The van der Waals surface area contributed by atoms with Crippen molar-refractivity contribution < 1.29 is 10.2 Å². The van der Waals surface area contributed by atoms with Crippen molar-refractivity contribution in [3.05, 3.63) is 42.5 Å². The summed E-state index contributed by atoms with van der Waals surface area (Å²) < 4.78 is 0. The van der Waals surface area contributed by atoms with Gasteiger partial charge in [-0.1, -0.05) is 31.2 Å². The molecule has 1 aromatic rings. The highest BCUT2D eigenvalue weighted by molar-refractivity contribution is 5.53. The Kier molecular flexibility index (Phi) is 5.89. The molecule has 0 bridgehead atoms. The van der Waals surface area contributed by atoms with Gasteiger partial charge in [-0.15, -0.1) is 6.58 Å². The summed E-state index contributed by atoms with van der Waals surface area (Å²) in [5.74, 6) is -0.109. The van der Waals surface area contributed by atoms with Crippen LogP contribution in [0.4, 0.5) is 5.69 Å². The number of rotatable bonds is 7. The molecule has 1 rings (SSSR count). The van der Waals surface area contributed by atoms with Gasteiger partial charge in [-0.2, -0.15) is 0 Å². The molecule has 3 nitrogen and oxygen atoms in total. The molecule has 0 fully saturated rings. The minimum Gasteiger partial charge on any atom is -0.396 e. The smallest absolute Gasteiger partial charge is 0.0628 e. The maximum Gasteiger partial charge on any atom is 0.0628 e. The monoisotopic (exact) mass is 249 g/mol. The normalized spacial score (nSPS) is 14.0. The minimum atomic E-state index is -0.520. The van der Waals surface area contributed by atoms with Crippen molar-refractivity contribution in [2.45, 2.75) is 19.4 Å². The molecule has 1 aromatic carbocycles. The fraction of sp³-hybridized carbons (Fsp3) is 0.467. The average Bonchev–Trinajstić information content (AvgIpc) is 2.38. The lowest BCUT2D eigenvalue weighted by molar-refractivity contribution is 0.0776. The van der Waals surface area contributed by atoms with Crippen molar-refractivity contribution in [1.82, 2.24) is 0 Å². The number of aliphatic hydroxyl groups excluding tert-OH is 2. The first kappa shape index (κ1) is 14.7. The van der Waals surface area contributed by atoms with Crippen LogP contribution in [0.3, 0.4) is 0 Å². The Morgan fingerprint density at radius 2 is 2.06 bits per heavy atom. The van der Waals surface area contributed by atoms with Crippen LogP contribution in [-0.4, -0.2) is 36.5 Å². The van der Waals surface area contributed by atoms with Crippen LogP contribution < -0.4 is 4.90 Å². The van der Waals surface area contributed by atoms with Gasteiger partial charge in [0.15, 0.2) is 0 Å². The molecule has 3 heteroatoms. The predicted molar refractivity (Wildman–Crippen MR) is 75.9 cm³/mol. The molecule has 0 saturated carbocycles. The van der Waals surface area contributed by atoms with Crippen molar-refractivity contribution in [2.24, 2.45) is 5.92 Å². The van der Waals surface area contributed by atoms with E-state index in [1.807, 2.05) is 44.3 Å². The molecule has 0 aliphatic heterocycles. The molecule has 2 atom stereocenters. The molecule has 0 amide bonds. The van der Waals surface area contributed by atoms with Crippen LogP contribution in [0.1, 0.15) is 12.5 Å². The van der Waals surface area contributed by atoms with E-state index in [1.54, 1.807) is 0 Å². The Bertz CT molecular complexity index is 379. The van der Waals surface area contributed by atoms with Crippen LogP contribution in [0, 0.1) is 5.92 Å². The van der Waals surface area contributed by atoms with Crippen LogP contribution in [-0.2, 0) is 6.42 Å². The molecule has 0 heterocycles. The number of hydrogen-bond donors (Lipinski definition) is 2. The van der Waals surface area contributed by atoms with E-state index < -0.39 is 6.10 Å². The number of anilines is 1. The van der Waals surface area contributed by atoms with Crippen LogP contribution in [0.2, 0.25) is 0 Å². The van der Waals surface area contributed by atoms with Gasteiger partial charge in [0, 0.05) is 38.2 Å². The predicted octanol–water partition coefficient (Wildman–Crippen LogP) is 1.84. The molecule has 0 aliphatic carbocycles. The standard InChI is InChI=1S/C15H23NO2/c1-4-9-16(3)14-8-6-5-7-13(14)10-15(18)12(2)11-17/h4-8,12,15,17-18H,1,9-11H2,2-3H3. The highest BCUT2D eigenvalue weighted by atomic mass is 16.3. The summed E-state index contributed by atoms with van der Waals surface area (Å²) in [5, 5.41) is 19.1. The summed E-state index contributed by atoms with van der Waals surface area (Å²) in [6.07, 6.45) is 1.89. The topological polar surface area (TPSA) is 43.7 Å². The van der Waals surface area contributed by atoms with Gasteiger partial charge in [0.05, 0.1) is 6.10 Å². The average molecular weight is 249 g/mol. The fourth-order valence-corrected chi connectivity index (χ4v) is 1.90. The molecule has 0 aromatic heterocycles. The summed E-state index contributed by atoms with van der Waals surface area (Å²) in [7, 11) is 2.00. The Morgan fingerprint density at radius 1 is 1.39 bits per heavy atom. The van der Waals surface area contributed by atoms with Gasteiger partial charge in [0.1, 0.15) is 0 Å². The molecule has 2 unspecified atom stereocenters. The van der Waals surface area contributed by atoms with Crippen LogP contribution in [0.25, 0.3) is 0 Å². The Labute approximate surface area is 109 Å². The van der Waals surface area contributed by atoms with Gasteiger partial charge >= 0.3 is 0 Å². The van der Waals surface area contributed by atoms with E-state index in [0.29, 0.717) is 6.42 Å². The molecule has 0 saturated heterocycles. The molecule has 0 radical (unpaired) electrons. The van der Waals surface area contributed by atoms with Crippen molar-refractivity contribution in [1.29, 1.82) is 0 Å². The summed E-state index contributed by atoms with van der Waals surface area (Å²) in [5.41, 5.74) is 2.19. The maximum absolute atomic E-state index is 10.0. The third kappa shape index (κ3) is 3.86. The van der Waals surface area contributed by atoms with E-state index in [0.717, 1.165) is 17.8 Å². The first-order valence-electron chi connectivity index (χ1n) is 6.29. The van der Waals surface area contributed by atoms with Crippen LogP contribution in [0.15, 0.2) is 36.9 Å². The van der Waals surface area contributed by atoms with Crippen LogP contribution in [0.5, 0.6) is 0 Å². The number of para-hydroxylation sites is 1. The largest absolute Gasteiger partial charge is 0.396 e. The Hall–Kier alpha value is -1.32. The van der Waals surface area contributed by atoms with Gasteiger partial charge in [0.2, 0.25) is 0 Å². The molecule has 18 heavy (non-hydrogen) atoms. The second kappa shape index (κ2) is 7.19. The lowest BCUT2D eigenvalue weighted by Crippen LogP contribution is -2.25. The van der Waals surface area contributed by atoms with Gasteiger partial charge in [-0.05, 0) is 11.6 Å².